The number of imidazole rings is 1. The van der Waals surface area contributed by atoms with Gasteiger partial charge in [-0.25, -0.2) is 4.98 Å². The number of piperidine rings is 1. The Balaban J connectivity index is 1.32. The topological polar surface area (TPSA) is 27.5 Å². The Morgan fingerprint density at radius 2 is 1.89 bits per heavy atom. The fraction of sp³-hybridized carbons (Fsp3) is 0.591. The van der Waals surface area contributed by atoms with Crippen molar-refractivity contribution in [2.24, 2.45) is 0 Å². The van der Waals surface area contributed by atoms with Crippen molar-refractivity contribution < 1.29 is 0 Å². The van der Waals surface area contributed by atoms with E-state index in [0.717, 1.165) is 26.2 Å². The van der Waals surface area contributed by atoms with Crippen LogP contribution in [0.2, 0.25) is 0 Å². The first-order chi connectivity index (χ1) is 13.2. The monoisotopic (exact) mass is 367 g/mol. The maximum Gasteiger partial charge on any atom is 0.122 e. The van der Waals surface area contributed by atoms with Gasteiger partial charge in [0.1, 0.15) is 5.82 Å². The molecule has 3 heterocycles. The number of hydrogen-bond donors (Lipinski definition) is 0. The van der Waals surface area contributed by atoms with E-state index in [1.807, 2.05) is 6.20 Å². The van der Waals surface area contributed by atoms with Crippen molar-refractivity contribution in [1.29, 1.82) is 0 Å². The first kappa shape index (κ1) is 18.5. The van der Waals surface area contributed by atoms with Crippen LogP contribution in [0.15, 0.2) is 36.7 Å². The molecule has 4 rings (SSSR count). The van der Waals surface area contributed by atoms with Gasteiger partial charge in [-0.15, -0.1) is 0 Å². The number of piperazine rings is 1. The summed E-state index contributed by atoms with van der Waals surface area (Å²) in [6.45, 7) is 13.4. The van der Waals surface area contributed by atoms with Crippen LogP contribution in [0, 0.1) is 6.92 Å². The number of nitrogens with zero attached hydrogens (tertiary/aromatic N) is 5. The average Bonchev–Trinajstić information content (AvgIpc) is 3.16. The van der Waals surface area contributed by atoms with Crippen LogP contribution in [0.5, 0.6) is 0 Å². The number of benzene rings is 1. The lowest BCUT2D eigenvalue weighted by Crippen LogP contribution is -2.55. The molecule has 1 aromatic heterocycles. The number of aryl methyl sites for hydroxylation is 2. The highest BCUT2D eigenvalue weighted by molar-refractivity contribution is 5.53. The molecule has 5 nitrogen and oxygen atoms in total. The summed E-state index contributed by atoms with van der Waals surface area (Å²) in [5.41, 5.74) is 2.80. The maximum atomic E-state index is 4.57. The third kappa shape index (κ3) is 4.19. The zero-order chi connectivity index (χ0) is 18.6. The number of anilines is 1. The van der Waals surface area contributed by atoms with E-state index in [-0.39, 0.29) is 0 Å². The Morgan fingerprint density at radius 3 is 2.67 bits per heavy atom. The van der Waals surface area contributed by atoms with E-state index in [1.54, 1.807) is 0 Å². The van der Waals surface area contributed by atoms with Gasteiger partial charge in [0.15, 0.2) is 0 Å². The maximum absolute atomic E-state index is 4.57. The molecule has 1 atom stereocenters. The molecule has 0 unspecified atom stereocenters. The van der Waals surface area contributed by atoms with Gasteiger partial charge in [-0.3, -0.25) is 9.80 Å². The molecular weight excluding hydrogens is 334 g/mol. The summed E-state index contributed by atoms with van der Waals surface area (Å²) in [6, 6.07) is 9.48. The molecule has 0 aliphatic carbocycles. The fourth-order valence-electron chi connectivity index (χ4n) is 4.70. The molecule has 5 heteroatoms. The SMILES string of the molecule is CCn1ccnc1CN1CCC[C@H](N2CCN(c3ccccc3C)CC2)C1. The minimum absolute atomic E-state index is 0.697. The molecule has 2 fully saturated rings. The summed E-state index contributed by atoms with van der Waals surface area (Å²) in [5.74, 6) is 1.21. The molecule has 27 heavy (non-hydrogen) atoms. The molecule has 0 bridgehead atoms. The van der Waals surface area contributed by atoms with Crippen LogP contribution < -0.4 is 4.90 Å². The molecule has 1 aromatic carbocycles. The van der Waals surface area contributed by atoms with Crippen LogP contribution >= 0.6 is 0 Å². The van der Waals surface area contributed by atoms with Gasteiger partial charge in [0, 0.05) is 63.4 Å². The van der Waals surface area contributed by atoms with Crippen LogP contribution in [-0.2, 0) is 13.1 Å². The minimum Gasteiger partial charge on any atom is -0.369 e. The molecule has 2 saturated heterocycles. The van der Waals surface area contributed by atoms with Crippen molar-refractivity contribution in [3.63, 3.8) is 0 Å². The molecular formula is C22H33N5. The van der Waals surface area contributed by atoms with Gasteiger partial charge in [0.25, 0.3) is 0 Å². The van der Waals surface area contributed by atoms with Crippen molar-refractivity contribution in [2.45, 2.75) is 45.8 Å². The van der Waals surface area contributed by atoms with Crippen molar-refractivity contribution in [3.8, 4) is 0 Å². The molecule has 146 valence electrons. The third-order valence-corrected chi connectivity index (χ3v) is 6.27. The predicted octanol–water partition coefficient (Wildman–Crippen LogP) is 3.00. The second kappa shape index (κ2) is 8.44. The molecule has 0 spiro atoms. The Kier molecular flexibility index (Phi) is 5.79. The van der Waals surface area contributed by atoms with E-state index in [2.05, 4.69) is 68.6 Å². The van der Waals surface area contributed by atoms with Crippen LogP contribution in [0.1, 0.15) is 31.2 Å². The van der Waals surface area contributed by atoms with Crippen LogP contribution in [0.4, 0.5) is 5.69 Å². The van der Waals surface area contributed by atoms with Crippen molar-refractivity contribution in [2.75, 3.05) is 44.2 Å². The first-order valence-electron chi connectivity index (χ1n) is 10.5. The van der Waals surface area contributed by atoms with E-state index in [1.165, 1.54) is 56.1 Å². The van der Waals surface area contributed by atoms with Gasteiger partial charge < -0.3 is 9.47 Å². The van der Waals surface area contributed by atoms with Crippen molar-refractivity contribution in [1.82, 2.24) is 19.4 Å². The number of aromatic nitrogens is 2. The molecule has 2 aliphatic heterocycles. The zero-order valence-electron chi connectivity index (χ0n) is 16.8. The van der Waals surface area contributed by atoms with E-state index in [9.17, 15) is 0 Å². The molecule has 0 N–H and O–H groups in total. The quantitative estimate of drug-likeness (QED) is 0.812. The predicted molar refractivity (Wildman–Crippen MR) is 111 cm³/mol. The summed E-state index contributed by atoms with van der Waals surface area (Å²) in [6.07, 6.45) is 6.67. The minimum atomic E-state index is 0.697. The van der Waals surface area contributed by atoms with E-state index >= 15 is 0 Å². The number of para-hydroxylation sites is 1. The molecule has 0 saturated carbocycles. The normalized spacial score (nSPS) is 22.3. The van der Waals surface area contributed by atoms with Crippen molar-refractivity contribution in [3.05, 3.63) is 48.0 Å². The molecule has 0 radical (unpaired) electrons. The largest absolute Gasteiger partial charge is 0.369 e. The van der Waals surface area contributed by atoms with E-state index < -0.39 is 0 Å². The van der Waals surface area contributed by atoms with Crippen molar-refractivity contribution >= 4 is 5.69 Å². The Bertz CT molecular complexity index is 732. The number of rotatable bonds is 5. The molecule has 0 amide bonds. The van der Waals surface area contributed by atoms with Gasteiger partial charge in [0.05, 0.1) is 6.54 Å². The van der Waals surface area contributed by atoms with E-state index in [0.29, 0.717) is 6.04 Å². The van der Waals surface area contributed by atoms with Gasteiger partial charge in [0.2, 0.25) is 0 Å². The summed E-state index contributed by atoms with van der Waals surface area (Å²) in [5, 5.41) is 0. The summed E-state index contributed by atoms with van der Waals surface area (Å²) >= 11 is 0. The van der Waals surface area contributed by atoms with Gasteiger partial charge in [-0.1, -0.05) is 18.2 Å². The van der Waals surface area contributed by atoms with Gasteiger partial charge in [-0.2, -0.15) is 0 Å². The highest BCUT2D eigenvalue weighted by Crippen LogP contribution is 2.24. The molecule has 2 aromatic rings. The zero-order valence-corrected chi connectivity index (χ0v) is 16.8. The summed E-state index contributed by atoms with van der Waals surface area (Å²) < 4.78 is 2.27. The lowest BCUT2D eigenvalue weighted by Gasteiger charge is -2.44. The van der Waals surface area contributed by atoms with Gasteiger partial charge in [-0.05, 0) is 44.9 Å². The average molecular weight is 368 g/mol. The smallest absolute Gasteiger partial charge is 0.122 e. The second-order valence-electron chi connectivity index (χ2n) is 7.97. The lowest BCUT2D eigenvalue weighted by molar-refractivity contribution is 0.0867. The van der Waals surface area contributed by atoms with E-state index in [4.69, 9.17) is 0 Å². The fourth-order valence-corrected chi connectivity index (χ4v) is 4.70. The Hall–Kier alpha value is -1.85. The van der Waals surface area contributed by atoms with Gasteiger partial charge >= 0.3 is 0 Å². The van der Waals surface area contributed by atoms with Crippen LogP contribution in [-0.4, -0.2) is 64.7 Å². The Labute approximate surface area is 163 Å². The standard InChI is InChI=1S/C22H33N5/c1-3-25-12-10-23-22(25)18-24-11-6-8-20(17-24)26-13-15-27(16-14-26)21-9-5-4-7-19(21)2/h4-5,7,9-10,12,20H,3,6,8,11,13-18H2,1-2H3/t20-/m0/s1. The molecule has 2 aliphatic rings. The highest BCUT2D eigenvalue weighted by Gasteiger charge is 2.28. The van der Waals surface area contributed by atoms with Crippen LogP contribution in [0.3, 0.4) is 0 Å². The summed E-state index contributed by atoms with van der Waals surface area (Å²) in [7, 11) is 0. The Morgan fingerprint density at radius 1 is 1.07 bits per heavy atom. The third-order valence-electron chi connectivity index (χ3n) is 6.27. The number of hydrogen-bond acceptors (Lipinski definition) is 4. The second-order valence-corrected chi connectivity index (χ2v) is 7.97. The van der Waals surface area contributed by atoms with Crippen LogP contribution in [0.25, 0.3) is 0 Å². The highest BCUT2D eigenvalue weighted by atomic mass is 15.3. The lowest BCUT2D eigenvalue weighted by atomic mass is 10.0. The summed E-state index contributed by atoms with van der Waals surface area (Å²) in [4.78, 5) is 12.5. The number of likely N-dealkylation sites (tertiary alicyclic amines) is 1. The first-order valence-corrected chi connectivity index (χ1v) is 10.5.